The van der Waals surface area contributed by atoms with Crippen LogP contribution in [0.2, 0.25) is 0 Å². The second-order valence-electron chi connectivity index (χ2n) is 2.91. The predicted octanol–water partition coefficient (Wildman–Crippen LogP) is 1.23. The van der Waals surface area contributed by atoms with E-state index in [-0.39, 0.29) is 0 Å². The monoisotopic (exact) mass is 177 g/mol. The highest BCUT2D eigenvalue weighted by atomic mass is 16.4. The fourth-order valence-electron chi connectivity index (χ4n) is 1.13. The molecule has 2 N–H and O–H groups in total. The lowest BCUT2D eigenvalue weighted by Crippen LogP contribution is -1.94. The number of aryl methyl sites for hydroxylation is 1. The smallest absolute Gasteiger partial charge is 0.220 e. The number of aromatic nitrogens is 2. The normalized spacial score (nSPS) is 10.6. The maximum absolute atomic E-state index is 5.42. The van der Waals surface area contributed by atoms with E-state index in [1.54, 1.807) is 10.9 Å². The molecule has 0 saturated heterocycles. The lowest BCUT2D eigenvalue weighted by atomic mass is 10.4. The Morgan fingerprint density at radius 3 is 2.92 bits per heavy atom. The van der Waals surface area contributed by atoms with Gasteiger partial charge in [0.05, 0.1) is 12.7 Å². The van der Waals surface area contributed by atoms with Gasteiger partial charge in [-0.25, -0.2) is 4.68 Å². The van der Waals surface area contributed by atoms with E-state index in [1.807, 2.05) is 25.3 Å². The van der Waals surface area contributed by atoms with Crippen molar-refractivity contribution in [3.8, 4) is 5.88 Å². The molecule has 2 rings (SSSR count). The van der Waals surface area contributed by atoms with Crippen molar-refractivity contribution in [2.24, 2.45) is 5.73 Å². The Morgan fingerprint density at radius 2 is 2.38 bits per heavy atom. The van der Waals surface area contributed by atoms with E-state index in [2.05, 4.69) is 5.10 Å². The molecule has 0 aliphatic rings. The summed E-state index contributed by atoms with van der Waals surface area (Å²) in [6.45, 7) is 2.40. The van der Waals surface area contributed by atoms with E-state index in [0.29, 0.717) is 12.4 Å². The van der Waals surface area contributed by atoms with Crippen LogP contribution in [-0.2, 0) is 6.54 Å². The molecule has 2 aromatic rings. The van der Waals surface area contributed by atoms with Gasteiger partial charge in [0, 0.05) is 12.3 Å². The molecule has 2 aromatic heterocycles. The average molecular weight is 177 g/mol. The summed E-state index contributed by atoms with van der Waals surface area (Å²) >= 11 is 0. The maximum atomic E-state index is 5.42. The predicted molar refractivity (Wildman–Crippen MR) is 48.5 cm³/mol. The molecule has 0 saturated carbocycles. The first kappa shape index (κ1) is 8.07. The number of hydrogen-bond donors (Lipinski definition) is 1. The molecule has 0 fully saturated rings. The molecule has 0 radical (unpaired) electrons. The van der Waals surface area contributed by atoms with Crippen LogP contribution in [-0.4, -0.2) is 9.78 Å². The van der Waals surface area contributed by atoms with Gasteiger partial charge in [0.25, 0.3) is 0 Å². The van der Waals surface area contributed by atoms with Gasteiger partial charge in [-0.1, -0.05) is 0 Å². The molecule has 0 aliphatic carbocycles. The molecular formula is C9H11N3O. The molecule has 2 heterocycles. The van der Waals surface area contributed by atoms with Crippen LogP contribution < -0.4 is 5.73 Å². The summed E-state index contributed by atoms with van der Waals surface area (Å²) in [5.74, 6) is 1.47. The average Bonchev–Trinajstić information content (AvgIpc) is 2.71. The first-order valence-corrected chi connectivity index (χ1v) is 4.10. The number of hydrogen-bond acceptors (Lipinski definition) is 3. The summed E-state index contributed by atoms with van der Waals surface area (Å²) in [4.78, 5) is 0. The summed E-state index contributed by atoms with van der Waals surface area (Å²) in [7, 11) is 0. The van der Waals surface area contributed by atoms with Crippen molar-refractivity contribution in [2.45, 2.75) is 13.5 Å². The van der Waals surface area contributed by atoms with Gasteiger partial charge in [0.2, 0.25) is 5.88 Å². The van der Waals surface area contributed by atoms with Crippen molar-refractivity contribution in [1.29, 1.82) is 0 Å². The van der Waals surface area contributed by atoms with Crippen LogP contribution in [0.15, 0.2) is 28.9 Å². The van der Waals surface area contributed by atoms with Gasteiger partial charge in [0.15, 0.2) is 0 Å². The zero-order chi connectivity index (χ0) is 9.26. The summed E-state index contributed by atoms with van der Waals surface area (Å²) in [5.41, 5.74) is 6.53. The number of rotatable bonds is 2. The minimum Gasteiger partial charge on any atom is -0.442 e. The summed E-state index contributed by atoms with van der Waals surface area (Å²) < 4.78 is 7.10. The number of nitrogens with zero attached hydrogens (tertiary/aromatic N) is 2. The van der Waals surface area contributed by atoms with E-state index in [1.165, 1.54) is 0 Å². The Labute approximate surface area is 76.0 Å². The molecule has 4 heteroatoms. The largest absolute Gasteiger partial charge is 0.442 e. The first-order chi connectivity index (χ1) is 6.29. The Kier molecular flexibility index (Phi) is 1.90. The number of nitrogens with two attached hydrogens (primary N) is 1. The molecular weight excluding hydrogens is 166 g/mol. The molecule has 0 unspecified atom stereocenters. The second-order valence-corrected chi connectivity index (χ2v) is 2.91. The van der Waals surface area contributed by atoms with E-state index < -0.39 is 0 Å². The van der Waals surface area contributed by atoms with Crippen LogP contribution in [0.4, 0.5) is 0 Å². The SMILES string of the molecule is Cc1cnn(-c2ccc(CN)o2)c1. The summed E-state index contributed by atoms with van der Waals surface area (Å²) in [5, 5.41) is 4.12. The van der Waals surface area contributed by atoms with Gasteiger partial charge in [0.1, 0.15) is 5.76 Å². The molecule has 0 atom stereocenters. The molecule has 13 heavy (non-hydrogen) atoms. The zero-order valence-corrected chi connectivity index (χ0v) is 7.40. The highest BCUT2D eigenvalue weighted by molar-refractivity contribution is 5.21. The van der Waals surface area contributed by atoms with Gasteiger partial charge in [-0.05, 0) is 18.6 Å². The second kappa shape index (κ2) is 3.06. The van der Waals surface area contributed by atoms with Crippen LogP contribution >= 0.6 is 0 Å². The molecule has 0 aromatic carbocycles. The van der Waals surface area contributed by atoms with Crippen molar-refractivity contribution >= 4 is 0 Å². The highest BCUT2D eigenvalue weighted by Gasteiger charge is 2.02. The highest BCUT2D eigenvalue weighted by Crippen LogP contribution is 2.11. The lowest BCUT2D eigenvalue weighted by Gasteiger charge is -1.93. The van der Waals surface area contributed by atoms with Crippen molar-refractivity contribution in [3.63, 3.8) is 0 Å². The van der Waals surface area contributed by atoms with Crippen LogP contribution in [0.25, 0.3) is 5.88 Å². The summed E-state index contributed by atoms with van der Waals surface area (Å²) in [6.07, 6.45) is 3.68. The van der Waals surface area contributed by atoms with E-state index in [0.717, 1.165) is 11.3 Å². The van der Waals surface area contributed by atoms with E-state index >= 15 is 0 Å². The molecule has 0 aliphatic heterocycles. The Morgan fingerprint density at radius 1 is 1.54 bits per heavy atom. The molecule has 0 amide bonds. The van der Waals surface area contributed by atoms with Crippen molar-refractivity contribution < 1.29 is 4.42 Å². The van der Waals surface area contributed by atoms with Gasteiger partial charge >= 0.3 is 0 Å². The van der Waals surface area contributed by atoms with Crippen molar-refractivity contribution in [1.82, 2.24) is 9.78 Å². The Bertz CT molecular complexity index is 402. The molecule has 0 bridgehead atoms. The van der Waals surface area contributed by atoms with Gasteiger partial charge < -0.3 is 10.2 Å². The standard InChI is InChI=1S/C9H11N3O/c1-7-5-11-12(6-7)9-3-2-8(4-10)13-9/h2-3,5-6H,4,10H2,1H3. The van der Waals surface area contributed by atoms with Crippen molar-refractivity contribution in [2.75, 3.05) is 0 Å². The quantitative estimate of drug-likeness (QED) is 0.750. The maximum Gasteiger partial charge on any atom is 0.220 e. The van der Waals surface area contributed by atoms with Gasteiger partial charge in [-0.2, -0.15) is 5.10 Å². The third-order valence-corrected chi connectivity index (χ3v) is 1.79. The lowest BCUT2D eigenvalue weighted by molar-refractivity contribution is 0.480. The third kappa shape index (κ3) is 1.48. The van der Waals surface area contributed by atoms with Crippen LogP contribution in [0.3, 0.4) is 0 Å². The minimum absolute atomic E-state index is 0.417. The molecule has 68 valence electrons. The van der Waals surface area contributed by atoms with E-state index in [9.17, 15) is 0 Å². The van der Waals surface area contributed by atoms with Crippen LogP contribution in [0.1, 0.15) is 11.3 Å². The fraction of sp³-hybridized carbons (Fsp3) is 0.222. The first-order valence-electron chi connectivity index (χ1n) is 4.10. The molecule has 4 nitrogen and oxygen atoms in total. The Balaban J connectivity index is 2.35. The van der Waals surface area contributed by atoms with Gasteiger partial charge in [-0.15, -0.1) is 0 Å². The van der Waals surface area contributed by atoms with E-state index in [4.69, 9.17) is 10.2 Å². The third-order valence-electron chi connectivity index (χ3n) is 1.79. The van der Waals surface area contributed by atoms with Crippen LogP contribution in [0, 0.1) is 6.92 Å². The minimum atomic E-state index is 0.417. The Hall–Kier alpha value is -1.55. The molecule has 0 spiro atoms. The van der Waals surface area contributed by atoms with Crippen molar-refractivity contribution in [3.05, 3.63) is 35.9 Å². The summed E-state index contributed by atoms with van der Waals surface area (Å²) in [6, 6.07) is 3.71. The fourth-order valence-corrected chi connectivity index (χ4v) is 1.13. The number of furan rings is 1. The zero-order valence-electron chi connectivity index (χ0n) is 7.40. The van der Waals surface area contributed by atoms with Gasteiger partial charge in [-0.3, -0.25) is 0 Å². The topological polar surface area (TPSA) is 57.0 Å². The van der Waals surface area contributed by atoms with Crippen LogP contribution in [0.5, 0.6) is 0 Å².